The standard InChI is InChI=1S/C33H33N3/c1-4-5-18-35-19-20-36(23-35)31-22-26(15-14-25(31)3)33(32-21-24(2)16-17-34-32)29-12-8-6-10-27(29)28-11-7-9-13-30(28)33/h6-17,19-22H,4-5,18,23H2,1-3H3. The van der Waals surface area contributed by atoms with Gasteiger partial charge in [0.05, 0.1) is 17.8 Å². The van der Waals surface area contributed by atoms with Gasteiger partial charge in [-0.25, -0.2) is 0 Å². The Labute approximate surface area is 214 Å². The molecule has 1 aliphatic carbocycles. The van der Waals surface area contributed by atoms with Gasteiger partial charge in [-0.05, 0) is 77.4 Å². The van der Waals surface area contributed by atoms with Crippen LogP contribution in [0.5, 0.6) is 0 Å². The average Bonchev–Trinajstić information content (AvgIpc) is 3.49. The molecule has 0 spiro atoms. The van der Waals surface area contributed by atoms with Crippen LogP contribution in [0.2, 0.25) is 0 Å². The summed E-state index contributed by atoms with van der Waals surface area (Å²) in [6, 6.07) is 29.1. The number of aryl methyl sites for hydroxylation is 2. The molecule has 36 heavy (non-hydrogen) atoms. The first-order chi connectivity index (χ1) is 17.6. The number of pyridine rings is 1. The highest BCUT2D eigenvalue weighted by molar-refractivity contribution is 5.86. The quantitative estimate of drug-likeness (QED) is 0.257. The van der Waals surface area contributed by atoms with E-state index in [1.807, 2.05) is 6.20 Å². The number of unbranched alkanes of at least 4 members (excludes halogenated alkanes) is 1. The molecule has 0 fully saturated rings. The lowest BCUT2D eigenvalue weighted by atomic mass is 9.69. The molecule has 0 amide bonds. The second-order valence-electron chi connectivity index (χ2n) is 10.1. The predicted molar refractivity (Wildman–Crippen MR) is 149 cm³/mol. The monoisotopic (exact) mass is 471 g/mol. The maximum absolute atomic E-state index is 5.03. The zero-order valence-corrected chi connectivity index (χ0v) is 21.4. The van der Waals surface area contributed by atoms with Crippen LogP contribution in [0, 0.1) is 13.8 Å². The van der Waals surface area contributed by atoms with Crippen molar-refractivity contribution in [2.45, 2.75) is 39.0 Å². The highest BCUT2D eigenvalue weighted by Crippen LogP contribution is 2.56. The Hall–Kier alpha value is -3.85. The summed E-state index contributed by atoms with van der Waals surface area (Å²) in [4.78, 5) is 9.83. The number of hydrogen-bond donors (Lipinski definition) is 0. The van der Waals surface area contributed by atoms with Gasteiger partial charge in [-0.3, -0.25) is 4.98 Å². The molecule has 0 saturated heterocycles. The summed E-state index contributed by atoms with van der Waals surface area (Å²) in [7, 11) is 0. The smallest absolute Gasteiger partial charge is 0.0941 e. The molecular formula is C33H33N3. The Balaban J connectivity index is 1.57. The number of benzene rings is 3. The van der Waals surface area contributed by atoms with E-state index >= 15 is 0 Å². The first-order valence-electron chi connectivity index (χ1n) is 13.1. The highest BCUT2D eigenvalue weighted by atomic mass is 15.3. The number of rotatable bonds is 6. The molecule has 1 aromatic heterocycles. The number of fused-ring (bicyclic) bond motifs is 3. The van der Waals surface area contributed by atoms with E-state index in [1.54, 1.807) is 0 Å². The van der Waals surface area contributed by atoms with Crippen molar-refractivity contribution in [3.05, 3.63) is 131 Å². The van der Waals surface area contributed by atoms with Crippen molar-refractivity contribution in [3.63, 3.8) is 0 Å². The fraction of sp³-hybridized carbons (Fsp3) is 0.242. The molecule has 0 unspecified atom stereocenters. The normalized spacial score (nSPS) is 15.3. The first-order valence-corrected chi connectivity index (χ1v) is 13.1. The number of hydrogen-bond acceptors (Lipinski definition) is 3. The van der Waals surface area contributed by atoms with Crippen molar-refractivity contribution in [1.29, 1.82) is 0 Å². The molecule has 2 aliphatic rings. The molecular weight excluding hydrogens is 438 g/mol. The molecule has 3 heteroatoms. The Morgan fingerprint density at radius 1 is 0.833 bits per heavy atom. The molecule has 6 rings (SSSR count). The second-order valence-corrected chi connectivity index (χ2v) is 10.1. The first kappa shape index (κ1) is 22.6. The SMILES string of the molecule is CCCCN1C=CN(c2cc(C3(c4cc(C)ccn4)c4ccccc4-c4ccccc43)ccc2C)C1. The lowest BCUT2D eigenvalue weighted by molar-refractivity contribution is 0.396. The number of nitrogens with zero attached hydrogens (tertiary/aromatic N) is 3. The summed E-state index contributed by atoms with van der Waals surface area (Å²) in [5, 5.41) is 0. The van der Waals surface area contributed by atoms with Crippen molar-refractivity contribution >= 4 is 5.69 Å². The van der Waals surface area contributed by atoms with Crippen LogP contribution in [-0.2, 0) is 5.41 Å². The van der Waals surface area contributed by atoms with E-state index in [0.29, 0.717) is 0 Å². The Bertz CT molecular complexity index is 1410. The summed E-state index contributed by atoms with van der Waals surface area (Å²) < 4.78 is 0. The fourth-order valence-electron chi connectivity index (χ4n) is 5.99. The lowest BCUT2D eigenvalue weighted by Gasteiger charge is -2.34. The minimum atomic E-state index is -0.465. The third-order valence-corrected chi connectivity index (χ3v) is 7.79. The van der Waals surface area contributed by atoms with E-state index in [9.17, 15) is 0 Å². The summed E-state index contributed by atoms with van der Waals surface area (Å²) in [5.41, 5.74) is 10.9. The van der Waals surface area contributed by atoms with Crippen molar-refractivity contribution in [1.82, 2.24) is 9.88 Å². The maximum atomic E-state index is 5.03. The predicted octanol–water partition coefficient (Wildman–Crippen LogP) is 7.41. The van der Waals surface area contributed by atoms with E-state index in [2.05, 4.69) is 122 Å². The van der Waals surface area contributed by atoms with E-state index in [4.69, 9.17) is 4.98 Å². The lowest BCUT2D eigenvalue weighted by Crippen LogP contribution is -2.31. The van der Waals surface area contributed by atoms with Gasteiger partial charge < -0.3 is 9.80 Å². The number of aromatic nitrogens is 1. The average molecular weight is 472 g/mol. The van der Waals surface area contributed by atoms with Crippen LogP contribution in [0.15, 0.2) is 97.5 Å². The Morgan fingerprint density at radius 2 is 1.56 bits per heavy atom. The molecule has 1 aliphatic heterocycles. The molecule has 0 saturated carbocycles. The maximum Gasteiger partial charge on any atom is 0.0941 e. The van der Waals surface area contributed by atoms with Gasteiger partial charge in [-0.1, -0.05) is 74.0 Å². The third-order valence-electron chi connectivity index (χ3n) is 7.79. The summed E-state index contributed by atoms with van der Waals surface area (Å²) in [6.45, 7) is 8.62. The summed E-state index contributed by atoms with van der Waals surface area (Å²) in [6.07, 6.45) is 8.85. The Morgan fingerprint density at radius 3 is 2.25 bits per heavy atom. The molecule has 3 aromatic carbocycles. The zero-order valence-electron chi connectivity index (χ0n) is 21.4. The number of anilines is 1. The molecule has 3 nitrogen and oxygen atoms in total. The Kier molecular flexibility index (Phi) is 5.64. The molecule has 2 heterocycles. The molecule has 0 N–H and O–H groups in total. The van der Waals surface area contributed by atoms with Gasteiger partial charge in [0.15, 0.2) is 0 Å². The highest BCUT2D eigenvalue weighted by Gasteiger charge is 2.47. The van der Waals surface area contributed by atoms with Crippen LogP contribution in [0.25, 0.3) is 11.1 Å². The van der Waals surface area contributed by atoms with E-state index in [-0.39, 0.29) is 0 Å². The largest absolute Gasteiger partial charge is 0.358 e. The zero-order chi connectivity index (χ0) is 24.7. The molecule has 4 aromatic rings. The van der Waals surface area contributed by atoms with Gasteiger partial charge >= 0.3 is 0 Å². The van der Waals surface area contributed by atoms with Gasteiger partial charge in [0.2, 0.25) is 0 Å². The summed E-state index contributed by atoms with van der Waals surface area (Å²) in [5.74, 6) is 0. The van der Waals surface area contributed by atoms with E-state index < -0.39 is 5.41 Å². The van der Waals surface area contributed by atoms with Crippen molar-refractivity contribution in [2.75, 3.05) is 18.1 Å². The minimum Gasteiger partial charge on any atom is -0.358 e. The van der Waals surface area contributed by atoms with Crippen LogP contribution in [0.1, 0.15) is 53.3 Å². The summed E-state index contributed by atoms with van der Waals surface area (Å²) >= 11 is 0. The van der Waals surface area contributed by atoms with E-state index in [1.165, 1.54) is 57.5 Å². The van der Waals surface area contributed by atoms with Crippen LogP contribution >= 0.6 is 0 Å². The van der Waals surface area contributed by atoms with Crippen LogP contribution in [-0.4, -0.2) is 23.1 Å². The van der Waals surface area contributed by atoms with Gasteiger partial charge in [0.1, 0.15) is 0 Å². The van der Waals surface area contributed by atoms with Crippen LogP contribution in [0.4, 0.5) is 5.69 Å². The molecule has 0 bridgehead atoms. The van der Waals surface area contributed by atoms with Gasteiger partial charge in [-0.15, -0.1) is 0 Å². The van der Waals surface area contributed by atoms with Crippen molar-refractivity contribution in [2.24, 2.45) is 0 Å². The minimum absolute atomic E-state index is 0.465. The molecule has 0 radical (unpaired) electrons. The third kappa shape index (κ3) is 3.45. The van der Waals surface area contributed by atoms with Crippen LogP contribution < -0.4 is 4.90 Å². The van der Waals surface area contributed by atoms with Crippen molar-refractivity contribution in [3.8, 4) is 11.1 Å². The molecule has 180 valence electrons. The van der Waals surface area contributed by atoms with Crippen LogP contribution in [0.3, 0.4) is 0 Å². The van der Waals surface area contributed by atoms with Gasteiger partial charge in [0.25, 0.3) is 0 Å². The van der Waals surface area contributed by atoms with E-state index in [0.717, 1.165) is 18.9 Å². The van der Waals surface area contributed by atoms with Crippen molar-refractivity contribution < 1.29 is 0 Å². The second kappa shape index (κ2) is 8.98. The topological polar surface area (TPSA) is 19.4 Å². The van der Waals surface area contributed by atoms with Gasteiger partial charge in [0, 0.05) is 30.8 Å². The fourth-order valence-corrected chi connectivity index (χ4v) is 5.99. The van der Waals surface area contributed by atoms with Gasteiger partial charge in [-0.2, -0.15) is 0 Å². The molecule has 0 atom stereocenters.